The molecule has 9 nitrogen and oxygen atoms in total. The van der Waals surface area contributed by atoms with E-state index in [1.165, 1.54) is 12.5 Å². The second-order valence-electron chi connectivity index (χ2n) is 5.12. The third-order valence-electron chi connectivity index (χ3n) is 3.92. The number of piperidine rings is 1. The SMILES string of the molecule is O=C1NC(=O)C(c2c[nH]cn2)(N2CCC(O)CC2)C(=O)N1. The van der Waals surface area contributed by atoms with Gasteiger partial charge in [-0.1, -0.05) is 0 Å². The number of hydrogen-bond acceptors (Lipinski definition) is 6. The molecule has 0 saturated carbocycles. The van der Waals surface area contributed by atoms with Crippen LogP contribution in [0.2, 0.25) is 0 Å². The number of nitrogens with zero attached hydrogens (tertiary/aromatic N) is 2. The molecule has 0 spiro atoms. The molecule has 4 N–H and O–H groups in total. The maximum Gasteiger partial charge on any atom is 0.328 e. The molecule has 0 radical (unpaired) electrons. The molecule has 2 aliphatic rings. The molecule has 3 heterocycles. The summed E-state index contributed by atoms with van der Waals surface area (Å²) in [6.45, 7) is 0.701. The van der Waals surface area contributed by atoms with Gasteiger partial charge in [-0.05, 0) is 12.8 Å². The van der Waals surface area contributed by atoms with Crippen molar-refractivity contribution in [3.63, 3.8) is 0 Å². The minimum Gasteiger partial charge on any atom is -0.393 e. The summed E-state index contributed by atoms with van der Waals surface area (Å²) < 4.78 is 0. The zero-order chi connectivity index (χ0) is 15.0. The van der Waals surface area contributed by atoms with E-state index in [9.17, 15) is 19.5 Å². The van der Waals surface area contributed by atoms with Crippen molar-refractivity contribution >= 4 is 17.8 Å². The topological polar surface area (TPSA) is 127 Å². The number of hydrogen-bond donors (Lipinski definition) is 4. The molecule has 0 unspecified atom stereocenters. The molecule has 0 aromatic carbocycles. The highest BCUT2D eigenvalue weighted by atomic mass is 16.3. The maximum atomic E-state index is 12.5. The highest BCUT2D eigenvalue weighted by Gasteiger charge is 2.57. The number of carbonyl (C=O) groups is 3. The Morgan fingerprint density at radius 1 is 1.19 bits per heavy atom. The Labute approximate surface area is 119 Å². The fourth-order valence-electron chi connectivity index (χ4n) is 2.86. The molecule has 0 aliphatic carbocycles. The van der Waals surface area contributed by atoms with Crippen LogP contribution in [0.4, 0.5) is 4.79 Å². The molecule has 2 fully saturated rings. The second-order valence-corrected chi connectivity index (χ2v) is 5.12. The van der Waals surface area contributed by atoms with Gasteiger partial charge in [0.2, 0.25) is 5.54 Å². The van der Waals surface area contributed by atoms with Crippen molar-refractivity contribution < 1.29 is 19.5 Å². The van der Waals surface area contributed by atoms with Gasteiger partial charge >= 0.3 is 6.03 Å². The number of imidazole rings is 1. The van der Waals surface area contributed by atoms with Crippen LogP contribution >= 0.6 is 0 Å². The number of nitrogens with one attached hydrogen (secondary N) is 3. The first-order chi connectivity index (χ1) is 10.0. The Balaban J connectivity index is 2.05. The normalized spacial score (nSPS) is 23.8. The van der Waals surface area contributed by atoms with Crippen molar-refractivity contribution in [2.45, 2.75) is 24.5 Å². The molecule has 1 aromatic rings. The van der Waals surface area contributed by atoms with Crippen molar-refractivity contribution in [3.05, 3.63) is 18.2 Å². The molecule has 21 heavy (non-hydrogen) atoms. The van der Waals surface area contributed by atoms with Gasteiger partial charge in [-0.2, -0.15) is 0 Å². The smallest absolute Gasteiger partial charge is 0.328 e. The van der Waals surface area contributed by atoms with Crippen LogP contribution in [0.25, 0.3) is 0 Å². The number of urea groups is 1. The van der Waals surface area contributed by atoms with E-state index >= 15 is 0 Å². The van der Waals surface area contributed by atoms with Gasteiger partial charge in [0, 0.05) is 19.3 Å². The number of aliphatic hydroxyl groups is 1. The number of likely N-dealkylation sites (tertiary alicyclic amines) is 1. The first-order valence-corrected chi connectivity index (χ1v) is 6.64. The van der Waals surface area contributed by atoms with Crippen molar-refractivity contribution in [3.8, 4) is 0 Å². The van der Waals surface area contributed by atoms with Crippen molar-refractivity contribution in [2.75, 3.05) is 13.1 Å². The van der Waals surface area contributed by atoms with Gasteiger partial charge in [0.05, 0.1) is 18.1 Å². The van der Waals surface area contributed by atoms with Gasteiger partial charge in [-0.25, -0.2) is 9.78 Å². The van der Waals surface area contributed by atoms with E-state index in [4.69, 9.17) is 0 Å². The largest absolute Gasteiger partial charge is 0.393 e. The van der Waals surface area contributed by atoms with Gasteiger partial charge in [0.25, 0.3) is 11.8 Å². The van der Waals surface area contributed by atoms with E-state index in [-0.39, 0.29) is 5.69 Å². The van der Waals surface area contributed by atoms with Crippen molar-refractivity contribution in [1.29, 1.82) is 0 Å². The van der Waals surface area contributed by atoms with Gasteiger partial charge in [0.1, 0.15) is 0 Å². The van der Waals surface area contributed by atoms with Crippen LogP contribution in [0, 0.1) is 0 Å². The lowest BCUT2D eigenvalue weighted by Crippen LogP contribution is -2.72. The Morgan fingerprint density at radius 3 is 2.33 bits per heavy atom. The number of amides is 4. The third-order valence-corrected chi connectivity index (χ3v) is 3.92. The lowest BCUT2D eigenvalue weighted by Gasteiger charge is -2.44. The van der Waals surface area contributed by atoms with Gasteiger partial charge in [-0.15, -0.1) is 0 Å². The van der Waals surface area contributed by atoms with Crippen LogP contribution in [-0.4, -0.2) is 57.0 Å². The predicted molar refractivity (Wildman–Crippen MR) is 68.8 cm³/mol. The van der Waals surface area contributed by atoms with E-state index in [1.54, 1.807) is 4.90 Å². The summed E-state index contributed by atoms with van der Waals surface area (Å²) in [7, 11) is 0. The van der Waals surface area contributed by atoms with Crippen LogP contribution in [0.15, 0.2) is 12.5 Å². The van der Waals surface area contributed by atoms with Crippen molar-refractivity contribution in [2.24, 2.45) is 0 Å². The van der Waals surface area contributed by atoms with Crippen LogP contribution in [0.1, 0.15) is 18.5 Å². The molecule has 0 atom stereocenters. The molecule has 3 rings (SSSR count). The number of imide groups is 2. The zero-order valence-corrected chi connectivity index (χ0v) is 11.1. The summed E-state index contributed by atoms with van der Waals surface area (Å²) in [5, 5.41) is 13.9. The van der Waals surface area contributed by atoms with E-state index in [0.29, 0.717) is 25.9 Å². The Hall–Kier alpha value is -2.26. The summed E-state index contributed by atoms with van der Waals surface area (Å²) in [6, 6.07) is -0.840. The number of aliphatic hydroxyl groups excluding tert-OH is 1. The third kappa shape index (κ3) is 2.01. The van der Waals surface area contributed by atoms with E-state index in [0.717, 1.165) is 0 Å². The Morgan fingerprint density at radius 2 is 1.81 bits per heavy atom. The molecule has 1 aromatic heterocycles. The number of rotatable bonds is 2. The molecule has 4 amide bonds. The monoisotopic (exact) mass is 293 g/mol. The average molecular weight is 293 g/mol. The Bertz CT molecular complexity index is 556. The van der Waals surface area contributed by atoms with Gasteiger partial charge in [0.15, 0.2) is 0 Å². The molecule has 112 valence electrons. The van der Waals surface area contributed by atoms with Gasteiger partial charge < -0.3 is 10.1 Å². The molecule has 0 bridgehead atoms. The summed E-state index contributed by atoms with van der Waals surface area (Å²) >= 11 is 0. The molecule has 9 heteroatoms. The lowest BCUT2D eigenvalue weighted by atomic mass is 9.87. The first-order valence-electron chi connectivity index (χ1n) is 6.64. The summed E-state index contributed by atoms with van der Waals surface area (Å²) in [5.74, 6) is -1.44. The zero-order valence-electron chi connectivity index (χ0n) is 11.1. The van der Waals surface area contributed by atoms with Gasteiger partial charge in [-0.3, -0.25) is 25.1 Å². The van der Waals surface area contributed by atoms with Crippen LogP contribution < -0.4 is 10.6 Å². The van der Waals surface area contributed by atoms with E-state index < -0.39 is 29.5 Å². The lowest BCUT2D eigenvalue weighted by molar-refractivity contribution is -0.151. The predicted octanol–water partition coefficient (Wildman–Crippen LogP) is -1.57. The van der Waals surface area contributed by atoms with E-state index in [2.05, 4.69) is 20.6 Å². The Kier molecular flexibility index (Phi) is 3.22. The molecular weight excluding hydrogens is 278 g/mol. The molecule has 2 aliphatic heterocycles. The minimum absolute atomic E-state index is 0.224. The van der Waals surface area contributed by atoms with Crippen LogP contribution in [0.5, 0.6) is 0 Å². The first kappa shape index (κ1) is 13.7. The highest BCUT2D eigenvalue weighted by Crippen LogP contribution is 2.32. The summed E-state index contributed by atoms with van der Waals surface area (Å²) in [6.07, 6.45) is 3.27. The quantitative estimate of drug-likeness (QED) is 0.488. The number of H-pyrrole nitrogens is 1. The fraction of sp³-hybridized carbons (Fsp3) is 0.500. The highest BCUT2D eigenvalue weighted by molar-refractivity contribution is 6.22. The number of aromatic nitrogens is 2. The average Bonchev–Trinajstić information content (AvgIpc) is 2.94. The summed E-state index contributed by atoms with van der Waals surface area (Å²) in [5.41, 5.74) is -1.46. The fourth-order valence-corrected chi connectivity index (χ4v) is 2.86. The second kappa shape index (κ2) is 4.93. The molecular formula is C12H15N5O4. The van der Waals surface area contributed by atoms with Crippen LogP contribution in [0.3, 0.4) is 0 Å². The molecule has 2 saturated heterocycles. The minimum atomic E-state index is -1.69. The number of barbiturate groups is 1. The van der Waals surface area contributed by atoms with Crippen molar-refractivity contribution in [1.82, 2.24) is 25.5 Å². The van der Waals surface area contributed by atoms with E-state index in [1.807, 2.05) is 0 Å². The summed E-state index contributed by atoms with van der Waals surface area (Å²) in [4.78, 5) is 44.7. The number of aromatic amines is 1. The van der Waals surface area contributed by atoms with Crippen LogP contribution in [-0.2, 0) is 15.1 Å². The standard InChI is InChI=1S/C12H15N5O4/c18-7-1-3-17(4-2-7)12(8-5-13-6-14-8)9(19)15-11(21)16-10(12)20/h5-7,18H,1-4H2,(H,13,14)(H2,15,16,19,20,21). The maximum absolute atomic E-state index is 12.5. The number of carbonyl (C=O) groups excluding carboxylic acids is 3.